The van der Waals surface area contributed by atoms with Crippen molar-refractivity contribution in [1.82, 2.24) is 0 Å². The van der Waals surface area contributed by atoms with Crippen molar-refractivity contribution in [2.75, 3.05) is 0 Å². The first kappa shape index (κ1) is 17.9. The molecule has 0 aliphatic carbocycles. The molecule has 0 atom stereocenters. The van der Waals surface area contributed by atoms with Gasteiger partial charge in [0.2, 0.25) is 0 Å². The molecule has 0 amide bonds. The Morgan fingerprint density at radius 3 is 2.36 bits per heavy atom. The zero-order valence-electron chi connectivity index (χ0n) is 14.3. The number of allylic oxidation sites excluding steroid dienone is 6. The Labute approximate surface area is 135 Å². The second-order valence-electron chi connectivity index (χ2n) is 5.97. The lowest BCUT2D eigenvalue weighted by molar-refractivity contribution is 1.01. The molecule has 0 saturated heterocycles. The molecule has 0 aliphatic rings. The predicted molar refractivity (Wildman–Crippen MR) is 99.7 cm³/mol. The first-order valence-electron chi connectivity index (χ1n) is 7.66. The molecule has 1 aromatic carbocycles. The van der Waals surface area contributed by atoms with Gasteiger partial charge in [-0.1, -0.05) is 48.1 Å². The second kappa shape index (κ2) is 8.33. The topological polar surface area (TPSA) is 23.9 Å². The Bertz CT molecular complexity index is 638. The van der Waals surface area contributed by atoms with Crippen molar-refractivity contribution in [3.63, 3.8) is 0 Å². The summed E-state index contributed by atoms with van der Waals surface area (Å²) in [5, 5.41) is 8.21. The summed E-state index contributed by atoms with van der Waals surface area (Å²) in [5.41, 5.74) is 7.71. The predicted octanol–water partition coefficient (Wildman–Crippen LogP) is 6.25. The smallest absolute Gasteiger partial charge is 0.0389 e. The van der Waals surface area contributed by atoms with Crippen LogP contribution in [-0.2, 0) is 0 Å². The maximum Gasteiger partial charge on any atom is 0.0389 e. The maximum absolute atomic E-state index is 8.21. The number of benzene rings is 1. The average molecular weight is 293 g/mol. The van der Waals surface area contributed by atoms with E-state index in [1.807, 2.05) is 19.1 Å². The van der Waals surface area contributed by atoms with Crippen molar-refractivity contribution in [1.29, 1.82) is 5.41 Å². The third kappa shape index (κ3) is 5.00. The fraction of sp³-hybridized carbons (Fsp3) is 0.286. The van der Waals surface area contributed by atoms with Crippen LogP contribution in [0.4, 0.5) is 0 Å². The molecule has 0 fully saturated rings. The Kier molecular flexibility index (Phi) is 6.78. The molecule has 22 heavy (non-hydrogen) atoms. The van der Waals surface area contributed by atoms with Crippen molar-refractivity contribution in [2.45, 2.75) is 40.5 Å². The van der Waals surface area contributed by atoms with Gasteiger partial charge in [0.05, 0.1) is 0 Å². The van der Waals surface area contributed by atoms with E-state index in [0.717, 1.165) is 24.0 Å². The summed E-state index contributed by atoms with van der Waals surface area (Å²) in [5.74, 6) is 0. The van der Waals surface area contributed by atoms with Crippen LogP contribution in [0.1, 0.15) is 50.3 Å². The number of nitrogens with one attached hydrogen (secondary N) is 1. The summed E-state index contributed by atoms with van der Waals surface area (Å²) in [6.45, 7) is 16.0. The molecular formula is C21H27N. The summed E-state index contributed by atoms with van der Waals surface area (Å²) in [7, 11) is 0. The van der Waals surface area contributed by atoms with Crippen LogP contribution >= 0.6 is 0 Å². The highest BCUT2D eigenvalue weighted by molar-refractivity contribution is 5.99. The molecule has 1 heteroatoms. The first-order valence-corrected chi connectivity index (χ1v) is 7.66. The van der Waals surface area contributed by atoms with E-state index < -0.39 is 0 Å². The number of hydrogen-bond donors (Lipinski definition) is 1. The third-order valence-electron chi connectivity index (χ3n) is 3.60. The molecule has 0 bridgehead atoms. The van der Waals surface area contributed by atoms with E-state index in [2.05, 4.69) is 52.1 Å². The third-order valence-corrected chi connectivity index (χ3v) is 3.60. The maximum atomic E-state index is 8.21. The average Bonchev–Trinajstić information content (AvgIpc) is 2.46. The summed E-state index contributed by atoms with van der Waals surface area (Å²) in [6.07, 6.45) is 7.47. The van der Waals surface area contributed by atoms with Crippen molar-refractivity contribution in [3.8, 4) is 0 Å². The van der Waals surface area contributed by atoms with Gasteiger partial charge in [0, 0.05) is 5.71 Å². The minimum absolute atomic E-state index is 0.679. The summed E-state index contributed by atoms with van der Waals surface area (Å²) < 4.78 is 0. The second-order valence-corrected chi connectivity index (χ2v) is 5.97. The monoisotopic (exact) mass is 293 g/mol. The van der Waals surface area contributed by atoms with Gasteiger partial charge in [0.15, 0.2) is 0 Å². The molecule has 0 aromatic heterocycles. The minimum Gasteiger partial charge on any atom is -0.305 e. The van der Waals surface area contributed by atoms with Crippen molar-refractivity contribution >= 4 is 11.3 Å². The molecule has 116 valence electrons. The van der Waals surface area contributed by atoms with Crippen LogP contribution in [0.2, 0.25) is 0 Å². The zero-order valence-corrected chi connectivity index (χ0v) is 14.3. The first-order chi connectivity index (χ1) is 10.4. The highest BCUT2D eigenvalue weighted by atomic mass is 14.4. The highest BCUT2D eigenvalue weighted by Crippen LogP contribution is 2.25. The summed E-state index contributed by atoms with van der Waals surface area (Å²) >= 11 is 0. The van der Waals surface area contributed by atoms with Gasteiger partial charge in [-0.25, -0.2) is 0 Å². The molecule has 1 aromatic rings. The minimum atomic E-state index is 0.679. The van der Waals surface area contributed by atoms with Crippen LogP contribution in [0.3, 0.4) is 0 Å². The fourth-order valence-electron chi connectivity index (χ4n) is 2.33. The lowest BCUT2D eigenvalue weighted by Crippen LogP contribution is -2.01. The number of rotatable bonds is 7. The standard InChI is InChI=1S/C21H27N/c1-7-8-9-19(16(4)5)20-12-11-18(14-17(20)6)21(22)13-10-15(2)3/h7-9,11-12,14,22H,1-2,10,13H2,3-6H3/b9-8-,22-21?. The van der Waals surface area contributed by atoms with E-state index in [1.165, 1.54) is 22.3 Å². The summed E-state index contributed by atoms with van der Waals surface area (Å²) in [6, 6.07) is 6.28. The molecule has 1 rings (SSSR count). The number of hydrogen-bond acceptors (Lipinski definition) is 1. The number of aryl methyl sites for hydroxylation is 1. The molecule has 0 spiro atoms. The molecule has 1 N–H and O–H groups in total. The molecule has 0 saturated carbocycles. The van der Waals surface area contributed by atoms with E-state index in [1.54, 1.807) is 6.08 Å². The normalized spacial score (nSPS) is 10.5. The molecule has 0 aliphatic heterocycles. The van der Waals surface area contributed by atoms with Gasteiger partial charge in [-0.2, -0.15) is 0 Å². The highest BCUT2D eigenvalue weighted by Gasteiger charge is 2.08. The van der Waals surface area contributed by atoms with E-state index in [0.29, 0.717) is 5.71 Å². The van der Waals surface area contributed by atoms with Crippen LogP contribution < -0.4 is 0 Å². The van der Waals surface area contributed by atoms with Crippen LogP contribution in [0.25, 0.3) is 5.57 Å². The van der Waals surface area contributed by atoms with Gasteiger partial charge in [0.1, 0.15) is 0 Å². The SMILES string of the molecule is C=C/C=C\C(=C(C)C)c1ccc(C(=N)CCC(=C)C)cc1C. The lowest BCUT2D eigenvalue weighted by atomic mass is 9.93. The Morgan fingerprint density at radius 2 is 1.86 bits per heavy atom. The van der Waals surface area contributed by atoms with Gasteiger partial charge in [0.25, 0.3) is 0 Å². The van der Waals surface area contributed by atoms with Gasteiger partial charge in [-0.05, 0) is 68.9 Å². The van der Waals surface area contributed by atoms with E-state index in [-0.39, 0.29) is 0 Å². The lowest BCUT2D eigenvalue weighted by Gasteiger charge is -2.12. The molecule has 0 heterocycles. The van der Waals surface area contributed by atoms with Gasteiger partial charge in [-0.3, -0.25) is 0 Å². The molecular weight excluding hydrogens is 266 g/mol. The van der Waals surface area contributed by atoms with Gasteiger partial charge in [-0.15, -0.1) is 6.58 Å². The summed E-state index contributed by atoms with van der Waals surface area (Å²) in [4.78, 5) is 0. The van der Waals surface area contributed by atoms with Crippen molar-refractivity contribution < 1.29 is 0 Å². The molecule has 1 nitrogen and oxygen atoms in total. The van der Waals surface area contributed by atoms with E-state index >= 15 is 0 Å². The molecule has 0 unspecified atom stereocenters. The molecule has 0 radical (unpaired) electrons. The zero-order chi connectivity index (χ0) is 16.7. The van der Waals surface area contributed by atoms with Crippen LogP contribution in [0, 0.1) is 12.3 Å². The van der Waals surface area contributed by atoms with Crippen LogP contribution in [-0.4, -0.2) is 5.71 Å². The van der Waals surface area contributed by atoms with E-state index in [9.17, 15) is 0 Å². The Morgan fingerprint density at radius 1 is 1.18 bits per heavy atom. The van der Waals surface area contributed by atoms with Gasteiger partial charge < -0.3 is 5.41 Å². The quantitative estimate of drug-likeness (QED) is 0.349. The van der Waals surface area contributed by atoms with E-state index in [4.69, 9.17) is 5.41 Å². The van der Waals surface area contributed by atoms with Crippen LogP contribution in [0.15, 0.2) is 60.7 Å². The van der Waals surface area contributed by atoms with Crippen LogP contribution in [0.5, 0.6) is 0 Å². The van der Waals surface area contributed by atoms with Gasteiger partial charge >= 0.3 is 0 Å². The van der Waals surface area contributed by atoms with Crippen molar-refractivity contribution in [3.05, 3.63) is 77.4 Å². The Balaban J connectivity index is 3.10. The van der Waals surface area contributed by atoms with Crippen molar-refractivity contribution in [2.24, 2.45) is 0 Å². The Hall–Kier alpha value is -2.15. The largest absolute Gasteiger partial charge is 0.305 e. The fourth-order valence-corrected chi connectivity index (χ4v) is 2.33.